The van der Waals surface area contributed by atoms with Gasteiger partial charge in [0.15, 0.2) is 0 Å². The van der Waals surface area contributed by atoms with Gasteiger partial charge in [-0.05, 0) is 24.1 Å². The molecule has 0 spiro atoms. The summed E-state index contributed by atoms with van der Waals surface area (Å²) in [6, 6.07) is 5.45. The molecule has 0 unspecified atom stereocenters. The maximum absolute atomic E-state index is 11.7. The molecule has 1 aromatic heterocycles. The van der Waals surface area contributed by atoms with Crippen LogP contribution in [0.2, 0.25) is 0 Å². The van der Waals surface area contributed by atoms with Crippen molar-refractivity contribution in [3.05, 3.63) is 28.7 Å². The van der Waals surface area contributed by atoms with Crippen LogP contribution in [0.5, 0.6) is 0 Å². The van der Waals surface area contributed by atoms with Crippen LogP contribution in [-0.2, 0) is 6.54 Å². The number of H-pyrrole nitrogens is 1. The van der Waals surface area contributed by atoms with E-state index < -0.39 is 0 Å². The van der Waals surface area contributed by atoms with Gasteiger partial charge in [0, 0.05) is 12.2 Å². The molecule has 0 fully saturated rings. The quantitative estimate of drug-likeness (QED) is 0.731. The zero-order chi connectivity index (χ0) is 11.0. The Morgan fingerprint density at radius 3 is 2.87 bits per heavy atom. The number of nitrogens with zero attached hydrogens (tertiary/aromatic N) is 1. The average Bonchev–Trinajstić information content (AvgIpc) is 2.43. The lowest BCUT2D eigenvalue weighted by Gasteiger charge is -2.06. The van der Waals surface area contributed by atoms with E-state index in [1.807, 2.05) is 12.1 Å². The summed E-state index contributed by atoms with van der Waals surface area (Å²) in [6.07, 6.45) is 0. The Morgan fingerprint density at radius 2 is 2.20 bits per heavy atom. The van der Waals surface area contributed by atoms with Crippen molar-refractivity contribution in [2.24, 2.45) is 5.92 Å². The maximum Gasteiger partial charge on any atom is 0.326 e. The van der Waals surface area contributed by atoms with Crippen molar-refractivity contribution in [1.82, 2.24) is 9.55 Å². The van der Waals surface area contributed by atoms with Crippen molar-refractivity contribution in [3.63, 3.8) is 0 Å². The third-order valence-corrected chi connectivity index (χ3v) is 2.35. The van der Waals surface area contributed by atoms with E-state index in [0.717, 1.165) is 11.0 Å². The predicted molar refractivity (Wildman–Crippen MR) is 61.8 cm³/mol. The van der Waals surface area contributed by atoms with Gasteiger partial charge in [0.05, 0.1) is 11.0 Å². The minimum Gasteiger partial charge on any atom is -0.399 e. The molecule has 0 aliphatic heterocycles. The Labute approximate surface area is 87.7 Å². The molecule has 4 heteroatoms. The zero-order valence-electron chi connectivity index (χ0n) is 8.95. The van der Waals surface area contributed by atoms with Gasteiger partial charge in [0.1, 0.15) is 0 Å². The number of benzene rings is 1. The number of anilines is 1. The van der Waals surface area contributed by atoms with Gasteiger partial charge in [0.25, 0.3) is 0 Å². The molecule has 80 valence electrons. The highest BCUT2D eigenvalue weighted by Crippen LogP contribution is 2.15. The van der Waals surface area contributed by atoms with E-state index in [4.69, 9.17) is 5.73 Å². The van der Waals surface area contributed by atoms with Gasteiger partial charge < -0.3 is 10.7 Å². The molecule has 0 bridgehead atoms. The Morgan fingerprint density at radius 1 is 1.47 bits per heavy atom. The van der Waals surface area contributed by atoms with E-state index in [0.29, 0.717) is 18.2 Å². The van der Waals surface area contributed by atoms with Gasteiger partial charge in [-0.25, -0.2) is 4.79 Å². The van der Waals surface area contributed by atoms with Gasteiger partial charge in [0.2, 0.25) is 0 Å². The van der Waals surface area contributed by atoms with E-state index in [2.05, 4.69) is 18.8 Å². The Hall–Kier alpha value is -1.71. The summed E-state index contributed by atoms with van der Waals surface area (Å²) in [5.74, 6) is 0.433. The highest BCUT2D eigenvalue weighted by Gasteiger charge is 2.07. The summed E-state index contributed by atoms with van der Waals surface area (Å²) in [5.41, 5.74) is 8.04. The molecule has 15 heavy (non-hydrogen) atoms. The molecule has 1 heterocycles. The van der Waals surface area contributed by atoms with Crippen molar-refractivity contribution >= 4 is 16.7 Å². The first-order valence-corrected chi connectivity index (χ1v) is 5.06. The summed E-state index contributed by atoms with van der Waals surface area (Å²) in [4.78, 5) is 14.5. The number of hydrogen-bond acceptors (Lipinski definition) is 2. The average molecular weight is 205 g/mol. The Bertz CT molecular complexity index is 536. The normalized spacial score (nSPS) is 11.4. The summed E-state index contributed by atoms with van der Waals surface area (Å²) in [6.45, 7) is 4.87. The van der Waals surface area contributed by atoms with E-state index in [1.54, 1.807) is 10.6 Å². The minimum absolute atomic E-state index is 0.0655. The second-order valence-corrected chi connectivity index (χ2v) is 4.21. The maximum atomic E-state index is 11.7. The van der Waals surface area contributed by atoms with Gasteiger partial charge in [-0.3, -0.25) is 4.57 Å². The van der Waals surface area contributed by atoms with E-state index in [-0.39, 0.29) is 5.69 Å². The summed E-state index contributed by atoms with van der Waals surface area (Å²) in [5, 5.41) is 0. The first kappa shape index (κ1) is 9.83. The lowest BCUT2D eigenvalue weighted by Crippen LogP contribution is -2.19. The molecular weight excluding hydrogens is 190 g/mol. The first-order valence-electron chi connectivity index (χ1n) is 5.06. The molecule has 2 aromatic rings. The molecule has 1 aromatic carbocycles. The highest BCUT2D eigenvalue weighted by atomic mass is 16.1. The number of fused-ring (bicyclic) bond motifs is 1. The van der Waals surface area contributed by atoms with Crippen molar-refractivity contribution in [2.45, 2.75) is 20.4 Å². The summed E-state index contributed by atoms with van der Waals surface area (Å²) < 4.78 is 1.73. The van der Waals surface area contributed by atoms with E-state index in [9.17, 15) is 4.79 Å². The number of nitrogens with two attached hydrogens (primary N) is 1. The van der Waals surface area contributed by atoms with E-state index >= 15 is 0 Å². The number of nitrogen functional groups attached to an aromatic ring is 1. The van der Waals surface area contributed by atoms with Crippen LogP contribution in [0, 0.1) is 5.92 Å². The fourth-order valence-corrected chi connectivity index (χ4v) is 1.72. The van der Waals surface area contributed by atoms with Crippen LogP contribution in [0.4, 0.5) is 5.69 Å². The van der Waals surface area contributed by atoms with Crippen LogP contribution in [-0.4, -0.2) is 9.55 Å². The lowest BCUT2D eigenvalue weighted by atomic mass is 10.2. The van der Waals surface area contributed by atoms with Gasteiger partial charge in [-0.2, -0.15) is 0 Å². The third kappa shape index (κ3) is 1.75. The Balaban J connectivity index is 2.65. The molecular formula is C11H15N3O. The van der Waals surface area contributed by atoms with Gasteiger partial charge >= 0.3 is 5.69 Å². The largest absolute Gasteiger partial charge is 0.399 e. The van der Waals surface area contributed by atoms with Gasteiger partial charge in [-0.1, -0.05) is 13.8 Å². The summed E-state index contributed by atoms with van der Waals surface area (Å²) in [7, 11) is 0. The SMILES string of the molecule is CC(C)Cn1c(=O)[nH]c2ccc(N)cc21. The van der Waals surface area contributed by atoms with E-state index in [1.165, 1.54) is 0 Å². The molecule has 0 aliphatic carbocycles. The van der Waals surface area contributed by atoms with Gasteiger partial charge in [-0.15, -0.1) is 0 Å². The predicted octanol–water partition coefficient (Wildman–Crippen LogP) is 1.57. The molecule has 0 saturated carbocycles. The number of imidazole rings is 1. The Kier molecular flexibility index (Phi) is 2.26. The van der Waals surface area contributed by atoms with Crippen molar-refractivity contribution < 1.29 is 0 Å². The molecule has 0 amide bonds. The number of aromatic nitrogens is 2. The number of nitrogens with one attached hydrogen (secondary N) is 1. The van der Waals surface area contributed by atoms with Crippen LogP contribution in [0.15, 0.2) is 23.0 Å². The minimum atomic E-state index is -0.0655. The van der Waals surface area contributed by atoms with Crippen molar-refractivity contribution in [2.75, 3.05) is 5.73 Å². The number of rotatable bonds is 2. The lowest BCUT2D eigenvalue weighted by molar-refractivity contribution is 0.522. The highest BCUT2D eigenvalue weighted by molar-refractivity contribution is 5.78. The topological polar surface area (TPSA) is 63.8 Å². The molecule has 2 rings (SSSR count). The van der Waals surface area contributed by atoms with Crippen LogP contribution in [0.1, 0.15) is 13.8 Å². The number of hydrogen-bond donors (Lipinski definition) is 2. The zero-order valence-corrected chi connectivity index (χ0v) is 8.95. The second-order valence-electron chi connectivity index (χ2n) is 4.21. The fraction of sp³-hybridized carbons (Fsp3) is 0.364. The number of aromatic amines is 1. The molecule has 0 atom stereocenters. The van der Waals surface area contributed by atoms with Crippen LogP contribution < -0.4 is 11.4 Å². The second kappa shape index (κ2) is 3.46. The smallest absolute Gasteiger partial charge is 0.326 e. The monoisotopic (exact) mass is 205 g/mol. The standard InChI is InChI=1S/C11H15N3O/c1-7(2)6-14-10-5-8(12)3-4-9(10)13-11(14)15/h3-5,7H,6,12H2,1-2H3,(H,13,15). The molecule has 0 aliphatic rings. The fourth-order valence-electron chi connectivity index (χ4n) is 1.72. The molecule has 3 N–H and O–H groups in total. The summed E-state index contributed by atoms with van der Waals surface area (Å²) >= 11 is 0. The first-order chi connectivity index (χ1) is 7.08. The van der Waals surface area contributed by atoms with Crippen molar-refractivity contribution in [3.8, 4) is 0 Å². The third-order valence-electron chi connectivity index (χ3n) is 2.35. The molecule has 0 radical (unpaired) electrons. The molecule has 0 saturated heterocycles. The van der Waals surface area contributed by atoms with Crippen molar-refractivity contribution in [1.29, 1.82) is 0 Å². The van der Waals surface area contributed by atoms with Crippen LogP contribution in [0.25, 0.3) is 11.0 Å². The molecule has 4 nitrogen and oxygen atoms in total. The van der Waals surface area contributed by atoms with Crippen LogP contribution >= 0.6 is 0 Å². The van der Waals surface area contributed by atoms with Crippen LogP contribution in [0.3, 0.4) is 0 Å².